The summed E-state index contributed by atoms with van der Waals surface area (Å²) in [5.41, 5.74) is 1.62. The van der Waals surface area contributed by atoms with Crippen molar-refractivity contribution in [2.75, 3.05) is 0 Å². The second-order valence-electron chi connectivity index (χ2n) is 9.16. The average molecular weight is 553 g/mol. The number of carboxylic acid groups (broad SMARTS) is 4. The number of amides is 2. The van der Waals surface area contributed by atoms with Crippen LogP contribution in [0.3, 0.4) is 0 Å². The predicted molar refractivity (Wildman–Crippen MR) is 142 cm³/mol. The molecule has 0 radical (unpaired) electrons. The molecule has 2 atom stereocenters. The summed E-state index contributed by atoms with van der Waals surface area (Å²) in [4.78, 5) is 69.6. The summed E-state index contributed by atoms with van der Waals surface area (Å²) in [6.07, 6.45) is -1.25. The lowest BCUT2D eigenvalue weighted by Crippen LogP contribution is -2.42. The number of aryl methyl sites for hydroxylation is 2. The summed E-state index contributed by atoms with van der Waals surface area (Å²) < 4.78 is 0. The van der Waals surface area contributed by atoms with Gasteiger partial charge in [0.1, 0.15) is 12.1 Å². The van der Waals surface area contributed by atoms with Crippen molar-refractivity contribution in [3.63, 3.8) is 0 Å². The Bertz CT molecular complexity index is 1320. The van der Waals surface area contributed by atoms with Crippen LogP contribution in [0.2, 0.25) is 0 Å². The maximum Gasteiger partial charge on any atom is 0.326 e. The molecule has 3 aromatic rings. The zero-order chi connectivity index (χ0) is 29.4. The minimum Gasteiger partial charge on any atom is -0.481 e. The van der Waals surface area contributed by atoms with E-state index in [-0.39, 0.29) is 25.7 Å². The van der Waals surface area contributed by atoms with E-state index in [0.717, 1.165) is 32.7 Å². The van der Waals surface area contributed by atoms with Crippen LogP contribution in [0.4, 0.5) is 0 Å². The average Bonchev–Trinajstić information content (AvgIpc) is 2.89. The molecular formula is C28H28N2O10. The first-order valence-corrected chi connectivity index (χ1v) is 12.4. The van der Waals surface area contributed by atoms with Crippen LogP contribution >= 0.6 is 0 Å². The Morgan fingerprint density at radius 1 is 0.550 bits per heavy atom. The second kappa shape index (κ2) is 13.2. The van der Waals surface area contributed by atoms with Gasteiger partial charge in [-0.05, 0) is 45.5 Å². The summed E-state index contributed by atoms with van der Waals surface area (Å²) in [5, 5.41) is 44.0. The fourth-order valence-electron chi connectivity index (χ4n) is 4.61. The van der Waals surface area contributed by atoms with Crippen molar-refractivity contribution >= 4 is 57.2 Å². The number of benzene rings is 3. The van der Waals surface area contributed by atoms with Gasteiger partial charge in [0, 0.05) is 12.8 Å². The van der Waals surface area contributed by atoms with E-state index in [1.807, 2.05) is 48.5 Å². The molecule has 0 unspecified atom stereocenters. The number of aliphatic carboxylic acids is 4. The number of rotatable bonds is 14. The van der Waals surface area contributed by atoms with E-state index in [1.165, 1.54) is 0 Å². The zero-order valence-corrected chi connectivity index (χ0v) is 21.3. The molecule has 3 aromatic carbocycles. The van der Waals surface area contributed by atoms with Crippen molar-refractivity contribution in [2.24, 2.45) is 0 Å². The highest BCUT2D eigenvalue weighted by Crippen LogP contribution is 2.34. The van der Waals surface area contributed by atoms with E-state index >= 15 is 0 Å². The molecule has 0 spiro atoms. The molecule has 0 fully saturated rings. The maximum absolute atomic E-state index is 12.5. The molecule has 3 rings (SSSR count). The monoisotopic (exact) mass is 552 g/mol. The van der Waals surface area contributed by atoms with Gasteiger partial charge < -0.3 is 31.1 Å². The normalized spacial score (nSPS) is 12.4. The molecule has 0 saturated carbocycles. The van der Waals surface area contributed by atoms with Gasteiger partial charge in [0.15, 0.2) is 0 Å². The number of carbonyl (C=O) groups excluding carboxylic acids is 2. The minimum absolute atomic E-state index is 0.0979. The molecule has 2 amide bonds. The molecule has 0 aromatic heterocycles. The van der Waals surface area contributed by atoms with Crippen LogP contribution < -0.4 is 10.6 Å². The predicted octanol–water partition coefficient (Wildman–Crippen LogP) is 1.95. The maximum atomic E-state index is 12.5. The number of carboxylic acids is 4. The summed E-state index contributed by atoms with van der Waals surface area (Å²) in [5.74, 6) is -6.83. The molecule has 0 aliphatic rings. The lowest BCUT2D eigenvalue weighted by atomic mass is 9.88. The third-order valence-corrected chi connectivity index (χ3v) is 6.38. The van der Waals surface area contributed by atoms with Crippen molar-refractivity contribution in [3.8, 4) is 0 Å². The van der Waals surface area contributed by atoms with E-state index in [4.69, 9.17) is 10.2 Å². The molecule has 12 heteroatoms. The van der Waals surface area contributed by atoms with Crippen molar-refractivity contribution < 1.29 is 49.2 Å². The van der Waals surface area contributed by atoms with Gasteiger partial charge in [0.05, 0.1) is 12.8 Å². The molecule has 0 bridgehead atoms. The Kier molecular flexibility index (Phi) is 9.74. The van der Waals surface area contributed by atoms with Crippen molar-refractivity contribution in [3.05, 3.63) is 59.7 Å². The first-order chi connectivity index (χ1) is 19.0. The summed E-state index contributed by atoms with van der Waals surface area (Å²) in [7, 11) is 0. The molecule has 210 valence electrons. The van der Waals surface area contributed by atoms with Crippen LogP contribution in [0, 0.1) is 0 Å². The first kappa shape index (κ1) is 29.6. The zero-order valence-electron chi connectivity index (χ0n) is 21.3. The van der Waals surface area contributed by atoms with Gasteiger partial charge in [-0.3, -0.25) is 19.2 Å². The Morgan fingerprint density at radius 3 is 1.10 bits per heavy atom. The molecule has 12 nitrogen and oxygen atoms in total. The largest absolute Gasteiger partial charge is 0.481 e. The Morgan fingerprint density at radius 2 is 0.850 bits per heavy atom. The quantitative estimate of drug-likeness (QED) is 0.160. The van der Waals surface area contributed by atoms with Gasteiger partial charge in [-0.15, -0.1) is 0 Å². The standard InChI is InChI=1S/C28H28N2O10/c31-23(29-21(27(37)38)13-25(33)34)11-9-19-15-5-1-2-6-16(15)20(18-8-4-3-7-17(18)19)10-12-24(32)30-22(28(39)40)14-26(35)36/h1-8,21-22H,9-14H2,(H,29,31)(H,30,32)(H,33,34)(H,35,36)(H,37,38)(H,39,40)/t21-,22-/m0/s1. The van der Waals surface area contributed by atoms with Gasteiger partial charge in [-0.25, -0.2) is 9.59 Å². The molecule has 40 heavy (non-hydrogen) atoms. The smallest absolute Gasteiger partial charge is 0.326 e. The van der Waals surface area contributed by atoms with E-state index < -0.39 is 60.6 Å². The van der Waals surface area contributed by atoms with Crippen LogP contribution in [-0.4, -0.2) is 68.2 Å². The third kappa shape index (κ3) is 7.53. The Balaban J connectivity index is 1.88. The number of fused-ring (bicyclic) bond motifs is 2. The van der Waals surface area contributed by atoms with Crippen LogP contribution in [-0.2, 0) is 41.6 Å². The Labute approximate surface area is 227 Å². The lowest BCUT2D eigenvalue weighted by Gasteiger charge is -2.18. The number of hydrogen-bond donors (Lipinski definition) is 6. The van der Waals surface area contributed by atoms with E-state index in [9.17, 15) is 39.0 Å². The lowest BCUT2D eigenvalue weighted by molar-refractivity contribution is -0.147. The van der Waals surface area contributed by atoms with Crippen LogP contribution in [0.25, 0.3) is 21.5 Å². The second-order valence-corrected chi connectivity index (χ2v) is 9.16. The van der Waals surface area contributed by atoms with Crippen molar-refractivity contribution in [1.29, 1.82) is 0 Å². The highest BCUT2D eigenvalue weighted by Gasteiger charge is 2.25. The third-order valence-electron chi connectivity index (χ3n) is 6.38. The van der Waals surface area contributed by atoms with Crippen molar-refractivity contribution in [2.45, 2.75) is 50.6 Å². The molecule has 0 heterocycles. The number of nitrogens with one attached hydrogen (secondary N) is 2. The summed E-state index contributed by atoms with van der Waals surface area (Å²) in [6.45, 7) is 0. The van der Waals surface area contributed by atoms with Gasteiger partial charge in [0.2, 0.25) is 11.8 Å². The molecule has 0 aliphatic carbocycles. The van der Waals surface area contributed by atoms with Crippen molar-refractivity contribution in [1.82, 2.24) is 10.6 Å². The fourth-order valence-corrected chi connectivity index (χ4v) is 4.61. The van der Waals surface area contributed by atoms with Gasteiger partial charge in [0.25, 0.3) is 0 Å². The SMILES string of the molecule is O=C(O)C[C@H](NC(=O)CCc1c2ccccc2c(CCC(=O)N[C@@H](CC(=O)O)C(=O)O)c2ccccc12)C(=O)O. The van der Waals surface area contributed by atoms with E-state index in [1.54, 1.807) is 0 Å². The Hall–Kier alpha value is -5.00. The highest BCUT2D eigenvalue weighted by molar-refractivity contribution is 6.06. The topological polar surface area (TPSA) is 207 Å². The van der Waals surface area contributed by atoms with Gasteiger partial charge in [-0.1, -0.05) is 48.5 Å². The van der Waals surface area contributed by atoms with E-state index in [2.05, 4.69) is 10.6 Å². The minimum atomic E-state index is -1.55. The summed E-state index contributed by atoms with van der Waals surface area (Å²) >= 11 is 0. The van der Waals surface area contributed by atoms with Crippen LogP contribution in [0.15, 0.2) is 48.5 Å². The number of hydrogen-bond acceptors (Lipinski definition) is 6. The van der Waals surface area contributed by atoms with Crippen LogP contribution in [0.5, 0.6) is 0 Å². The number of carbonyl (C=O) groups is 6. The molecular weight excluding hydrogens is 524 g/mol. The molecule has 0 saturated heterocycles. The van der Waals surface area contributed by atoms with E-state index in [0.29, 0.717) is 0 Å². The van der Waals surface area contributed by atoms with Gasteiger partial charge in [-0.2, -0.15) is 0 Å². The fraction of sp³-hybridized carbons (Fsp3) is 0.286. The highest BCUT2D eigenvalue weighted by atomic mass is 16.4. The summed E-state index contributed by atoms with van der Waals surface area (Å²) in [6, 6.07) is 11.6. The molecule has 6 N–H and O–H groups in total. The van der Waals surface area contributed by atoms with Gasteiger partial charge >= 0.3 is 23.9 Å². The molecule has 0 aliphatic heterocycles. The first-order valence-electron chi connectivity index (χ1n) is 12.4. The van der Waals surface area contributed by atoms with Crippen LogP contribution in [0.1, 0.15) is 36.8 Å².